The molecule has 4 rings (SSSR count). The van der Waals surface area contributed by atoms with Crippen LogP contribution in [0.5, 0.6) is 11.5 Å². The van der Waals surface area contributed by atoms with Crippen LogP contribution in [-0.2, 0) is 16.2 Å². The molecule has 0 saturated carbocycles. The molecule has 1 saturated heterocycles. The number of carbonyl (C=O) groups excluding carboxylic acids is 3. The van der Waals surface area contributed by atoms with Crippen LogP contribution in [0.3, 0.4) is 0 Å². The number of anilines is 1. The largest absolute Gasteiger partial charge is 0.490 e. The maximum Gasteiger partial charge on any atom is 0.335 e. The maximum atomic E-state index is 13.1. The molecule has 7 nitrogen and oxygen atoms in total. The van der Waals surface area contributed by atoms with E-state index in [0.29, 0.717) is 35.3 Å². The Labute approximate surface area is 211 Å². The van der Waals surface area contributed by atoms with Crippen LogP contribution >= 0.6 is 23.2 Å². The molecule has 0 radical (unpaired) electrons. The first-order chi connectivity index (χ1) is 16.9. The van der Waals surface area contributed by atoms with Gasteiger partial charge in [0.15, 0.2) is 11.5 Å². The highest BCUT2D eigenvalue weighted by Gasteiger charge is 2.37. The predicted molar refractivity (Wildman–Crippen MR) is 134 cm³/mol. The van der Waals surface area contributed by atoms with Gasteiger partial charge in [-0.1, -0.05) is 53.5 Å². The van der Waals surface area contributed by atoms with E-state index >= 15 is 0 Å². The van der Waals surface area contributed by atoms with Crippen molar-refractivity contribution in [2.75, 3.05) is 11.5 Å². The van der Waals surface area contributed by atoms with E-state index in [1.165, 1.54) is 12.1 Å². The van der Waals surface area contributed by atoms with Crippen LogP contribution in [0, 0.1) is 0 Å². The fraction of sp³-hybridized carbons (Fsp3) is 0.115. The van der Waals surface area contributed by atoms with Gasteiger partial charge in [0.1, 0.15) is 12.2 Å². The van der Waals surface area contributed by atoms with Gasteiger partial charge in [-0.05, 0) is 60.5 Å². The average molecular weight is 511 g/mol. The van der Waals surface area contributed by atoms with Gasteiger partial charge in [-0.15, -0.1) is 0 Å². The summed E-state index contributed by atoms with van der Waals surface area (Å²) in [5.74, 6) is -0.646. The Hall–Kier alpha value is -3.81. The molecule has 0 aliphatic carbocycles. The first-order valence-corrected chi connectivity index (χ1v) is 11.4. The number of para-hydroxylation sites is 1. The van der Waals surface area contributed by atoms with Crippen molar-refractivity contribution in [3.05, 3.63) is 93.5 Å². The van der Waals surface area contributed by atoms with Gasteiger partial charge in [0, 0.05) is 5.02 Å². The maximum absolute atomic E-state index is 13.1. The van der Waals surface area contributed by atoms with Gasteiger partial charge in [-0.2, -0.15) is 0 Å². The van der Waals surface area contributed by atoms with Gasteiger partial charge >= 0.3 is 6.03 Å². The van der Waals surface area contributed by atoms with Crippen molar-refractivity contribution in [3.8, 4) is 11.5 Å². The number of benzene rings is 3. The second-order valence-electron chi connectivity index (χ2n) is 7.46. The summed E-state index contributed by atoms with van der Waals surface area (Å²) in [4.78, 5) is 38.8. The van der Waals surface area contributed by atoms with Crippen molar-refractivity contribution in [2.45, 2.75) is 13.5 Å². The van der Waals surface area contributed by atoms with Crippen molar-refractivity contribution < 1.29 is 23.9 Å². The Balaban J connectivity index is 1.61. The molecule has 0 aromatic heterocycles. The summed E-state index contributed by atoms with van der Waals surface area (Å²) in [5.41, 5.74) is 1.40. The van der Waals surface area contributed by atoms with Crippen molar-refractivity contribution in [1.29, 1.82) is 0 Å². The molecule has 4 amide bonds. The highest BCUT2D eigenvalue weighted by Crippen LogP contribution is 2.32. The summed E-state index contributed by atoms with van der Waals surface area (Å²) >= 11 is 12.1. The Bertz CT molecular complexity index is 1320. The molecule has 0 atom stereocenters. The third kappa shape index (κ3) is 5.48. The standard InChI is InChI=1S/C26H20Cl2N2O5/c1-2-34-23-14-17(9-12-22(23)35-15-16-7-10-18(27)11-8-16)13-19-24(31)29-26(33)30(25(19)32)21-6-4-3-5-20(21)28/h3-14H,2,15H2,1H3,(H,29,31,33)/b19-13+. The molecule has 178 valence electrons. The SMILES string of the molecule is CCOc1cc(/C=C2\C(=O)NC(=O)N(c3ccccc3Cl)C2=O)ccc1OCc1ccc(Cl)cc1. The lowest BCUT2D eigenvalue weighted by Crippen LogP contribution is -2.54. The van der Waals surface area contributed by atoms with E-state index in [1.807, 2.05) is 19.1 Å². The van der Waals surface area contributed by atoms with Gasteiger partial charge in [-0.25, -0.2) is 9.69 Å². The molecule has 1 N–H and O–H groups in total. The number of hydrogen-bond donors (Lipinski definition) is 1. The molecule has 0 bridgehead atoms. The van der Waals surface area contributed by atoms with E-state index in [1.54, 1.807) is 48.5 Å². The first kappa shape index (κ1) is 24.3. The molecule has 1 heterocycles. The number of nitrogens with zero attached hydrogens (tertiary/aromatic N) is 1. The lowest BCUT2D eigenvalue weighted by atomic mass is 10.1. The molecule has 1 aliphatic rings. The van der Waals surface area contributed by atoms with Crippen molar-refractivity contribution in [1.82, 2.24) is 5.32 Å². The second kappa shape index (κ2) is 10.6. The highest BCUT2D eigenvalue weighted by atomic mass is 35.5. The summed E-state index contributed by atoms with van der Waals surface area (Å²) in [6.45, 7) is 2.51. The zero-order valence-corrected chi connectivity index (χ0v) is 20.1. The number of barbiturate groups is 1. The lowest BCUT2D eigenvalue weighted by Gasteiger charge is -2.27. The van der Waals surface area contributed by atoms with Crippen LogP contribution in [-0.4, -0.2) is 24.5 Å². The summed E-state index contributed by atoms with van der Waals surface area (Å²) in [6.07, 6.45) is 1.39. The van der Waals surface area contributed by atoms with Crippen LogP contribution in [0.4, 0.5) is 10.5 Å². The number of amides is 4. The summed E-state index contributed by atoms with van der Waals surface area (Å²) in [5, 5.41) is 3.02. The van der Waals surface area contributed by atoms with E-state index in [4.69, 9.17) is 32.7 Å². The van der Waals surface area contributed by atoms with Gasteiger partial charge in [-0.3, -0.25) is 14.9 Å². The quantitative estimate of drug-likeness (QED) is 0.328. The molecule has 0 unspecified atom stereocenters. The molecule has 35 heavy (non-hydrogen) atoms. The summed E-state index contributed by atoms with van der Waals surface area (Å²) in [6, 6.07) is 17.8. The smallest absolute Gasteiger partial charge is 0.335 e. The normalized spacial score (nSPS) is 14.8. The van der Waals surface area contributed by atoms with Gasteiger partial charge in [0.2, 0.25) is 0 Å². The first-order valence-electron chi connectivity index (χ1n) is 10.7. The number of rotatable bonds is 7. The number of urea groups is 1. The minimum atomic E-state index is -0.869. The fourth-order valence-electron chi connectivity index (χ4n) is 3.42. The molecule has 9 heteroatoms. The van der Waals surface area contributed by atoms with Gasteiger partial charge in [0.25, 0.3) is 11.8 Å². The van der Waals surface area contributed by atoms with E-state index in [-0.39, 0.29) is 16.3 Å². The minimum Gasteiger partial charge on any atom is -0.490 e. The zero-order valence-electron chi connectivity index (χ0n) is 18.6. The minimum absolute atomic E-state index is 0.177. The third-order valence-electron chi connectivity index (χ3n) is 5.08. The Morgan fingerprint density at radius 2 is 1.66 bits per heavy atom. The zero-order chi connectivity index (χ0) is 24.9. The molecule has 0 spiro atoms. The van der Waals surface area contributed by atoms with Crippen molar-refractivity contribution >= 4 is 52.8 Å². The fourth-order valence-corrected chi connectivity index (χ4v) is 3.77. The van der Waals surface area contributed by atoms with Crippen molar-refractivity contribution in [2.24, 2.45) is 0 Å². The Kier molecular flexibility index (Phi) is 7.39. The number of hydrogen-bond acceptors (Lipinski definition) is 5. The third-order valence-corrected chi connectivity index (χ3v) is 5.65. The summed E-state index contributed by atoms with van der Waals surface area (Å²) < 4.78 is 11.6. The molecule has 3 aromatic carbocycles. The molecule has 3 aromatic rings. The molecule has 1 aliphatic heterocycles. The van der Waals surface area contributed by atoms with Gasteiger partial charge in [0.05, 0.1) is 17.3 Å². The number of ether oxygens (including phenoxy) is 2. The Morgan fingerprint density at radius 1 is 0.914 bits per heavy atom. The summed E-state index contributed by atoms with van der Waals surface area (Å²) in [7, 11) is 0. The van der Waals surface area contributed by atoms with E-state index in [9.17, 15) is 14.4 Å². The van der Waals surface area contributed by atoms with E-state index in [2.05, 4.69) is 5.32 Å². The van der Waals surface area contributed by atoms with Crippen LogP contribution in [0.1, 0.15) is 18.1 Å². The molecule has 1 fully saturated rings. The van der Waals surface area contributed by atoms with Crippen LogP contribution in [0.25, 0.3) is 6.08 Å². The van der Waals surface area contributed by atoms with Crippen LogP contribution in [0.15, 0.2) is 72.3 Å². The second-order valence-corrected chi connectivity index (χ2v) is 8.31. The van der Waals surface area contributed by atoms with E-state index < -0.39 is 17.8 Å². The molecular formula is C26H20Cl2N2O5. The Morgan fingerprint density at radius 3 is 2.37 bits per heavy atom. The number of carbonyl (C=O) groups is 3. The lowest BCUT2D eigenvalue weighted by molar-refractivity contribution is -0.122. The van der Waals surface area contributed by atoms with Crippen LogP contribution in [0.2, 0.25) is 10.0 Å². The number of halogens is 2. The van der Waals surface area contributed by atoms with Crippen molar-refractivity contribution in [3.63, 3.8) is 0 Å². The van der Waals surface area contributed by atoms with Gasteiger partial charge < -0.3 is 9.47 Å². The predicted octanol–water partition coefficient (Wildman–Crippen LogP) is 5.64. The number of nitrogens with one attached hydrogen (secondary N) is 1. The average Bonchev–Trinajstić information content (AvgIpc) is 2.83. The van der Waals surface area contributed by atoms with E-state index in [0.717, 1.165) is 10.5 Å². The monoisotopic (exact) mass is 510 g/mol. The number of imide groups is 2. The topological polar surface area (TPSA) is 84.9 Å². The molecular weight excluding hydrogens is 491 g/mol. The van der Waals surface area contributed by atoms with Crippen LogP contribution < -0.4 is 19.7 Å². The highest BCUT2D eigenvalue weighted by molar-refractivity contribution is 6.42.